The Kier molecular flexibility index (Phi) is 6.63. The van der Waals surface area contributed by atoms with Gasteiger partial charge in [-0.05, 0) is 71.8 Å². The molecule has 150 valence electrons. The van der Waals surface area contributed by atoms with E-state index in [0.717, 1.165) is 5.56 Å². The van der Waals surface area contributed by atoms with Gasteiger partial charge in [-0.25, -0.2) is 9.59 Å². The van der Waals surface area contributed by atoms with Gasteiger partial charge in [0, 0.05) is 23.5 Å². The zero-order valence-electron chi connectivity index (χ0n) is 16.0. The van der Waals surface area contributed by atoms with Gasteiger partial charge >= 0.3 is 11.9 Å². The summed E-state index contributed by atoms with van der Waals surface area (Å²) >= 11 is 0. The molecule has 0 aliphatic rings. The number of anilines is 2. The molecule has 0 atom stereocenters. The van der Waals surface area contributed by atoms with Crippen LogP contribution in [0.2, 0.25) is 0 Å². The molecule has 0 spiro atoms. The standard InChI is InChI=1S/C24H20N2O4/c25-19-8-4-17(5-9-19)6-14-24(28)30-22-3-1-2-18(16-22)7-15-23(27)29-21-12-10-20(26)11-13-21/h1-16H,25-26H2/b14-6+,15-7+. The fourth-order valence-electron chi connectivity index (χ4n) is 2.45. The fraction of sp³-hybridized carbons (Fsp3) is 0. The zero-order valence-corrected chi connectivity index (χ0v) is 16.0. The van der Waals surface area contributed by atoms with E-state index in [1.807, 2.05) is 0 Å². The maximum atomic E-state index is 12.0. The van der Waals surface area contributed by atoms with E-state index < -0.39 is 11.9 Å². The molecule has 0 bridgehead atoms. The van der Waals surface area contributed by atoms with Gasteiger partial charge in [-0.1, -0.05) is 24.3 Å². The molecule has 3 aromatic rings. The van der Waals surface area contributed by atoms with Crippen molar-refractivity contribution in [2.24, 2.45) is 0 Å². The number of carbonyl (C=O) groups is 2. The van der Waals surface area contributed by atoms with Crippen LogP contribution in [0.3, 0.4) is 0 Å². The highest BCUT2D eigenvalue weighted by Crippen LogP contribution is 2.17. The minimum absolute atomic E-state index is 0.357. The predicted octanol–water partition coefficient (Wildman–Crippen LogP) is 4.09. The van der Waals surface area contributed by atoms with E-state index in [1.165, 1.54) is 12.2 Å². The van der Waals surface area contributed by atoms with Gasteiger partial charge in [-0.3, -0.25) is 0 Å². The van der Waals surface area contributed by atoms with Crippen LogP contribution in [0.4, 0.5) is 11.4 Å². The monoisotopic (exact) mass is 400 g/mol. The lowest BCUT2D eigenvalue weighted by Gasteiger charge is -2.03. The molecule has 4 N–H and O–H groups in total. The number of benzene rings is 3. The van der Waals surface area contributed by atoms with Crippen molar-refractivity contribution in [3.8, 4) is 11.5 Å². The number of nitrogens with two attached hydrogens (primary N) is 2. The summed E-state index contributed by atoms with van der Waals surface area (Å²) in [6.45, 7) is 0. The first-order chi connectivity index (χ1) is 14.5. The Balaban J connectivity index is 1.57. The molecule has 0 saturated heterocycles. The molecule has 6 nitrogen and oxygen atoms in total. The quantitative estimate of drug-likeness (QED) is 0.279. The van der Waals surface area contributed by atoms with Gasteiger partial charge in [0.1, 0.15) is 11.5 Å². The normalized spacial score (nSPS) is 10.9. The van der Waals surface area contributed by atoms with Crippen molar-refractivity contribution in [2.75, 3.05) is 11.5 Å². The van der Waals surface area contributed by atoms with Gasteiger partial charge in [0.25, 0.3) is 0 Å². The summed E-state index contributed by atoms with van der Waals surface area (Å²) in [4.78, 5) is 24.0. The second-order valence-electron chi connectivity index (χ2n) is 6.32. The van der Waals surface area contributed by atoms with E-state index in [9.17, 15) is 9.59 Å². The van der Waals surface area contributed by atoms with Crippen molar-refractivity contribution in [2.45, 2.75) is 0 Å². The van der Waals surface area contributed by atoms with Crippen LogP contribution >= 0.6 is 0 Å². The summed E-state index contributed by atoms with van der Waals surface area (Å²) in [5, 5.41) is 0. The average molecular weight is 400 g/mol. The number of hydrogen-bond donors (Lipinski definition) is 2. The third-order valence-electron chi connectivity index (χ3n) is 3.94. The van der Waals surface area contributed by atoms with Crippen LogP contribution in [0, 0.1) is 0 Å². The molecule has 0 fully saturated rings. The Hall–Kier alpha value is -4.32. The third kappa shape index (κ3) is 6.38. The van der Waals surface area contributed by atoms with Crippen LogP contribution in [0.5, 0.6) is 11.5 Å². The Bertz CT molecular complexity index is 1080. The van der Waals surface area contributed by atoms with Gasteiger partial charge in [-0.15, -0.1) is 0 Å². The van der Waals surface area contributed by atoms with E-state index in [2.05, 4.69) is 0 Å². The minimum Gasteiger partial charge on any atom is -0.423 e. The van der Waals surface area contributed by atoms with Crippen LogP contribution in [-0.4, -0.2) is 11.9 Å². The van der Waals surface area contributed by atoms with E-state index in [4.69, 9.17) is 20.9 Å². The first-order valence-corrected chi connectivity index (χ1v) is 9.09. The molecule has 6 heteroatoms. The summed E-state index contributed by atoms with van der Waals surface area (Å²) in [7, 11) is 0. The summed E-state index contributed by atoms with van der Waals surface area (Å²) in [5.41, 5.74) is 14.0. The zero-order chi connectivity index (χ0) is 21.3. The molecule has 0 unspecified atom stereocenters. The van der Waals surface area contributed by atoms with E-state index in [-0.39, 0.29) is 0 Å². The molecule has 3 rings (SSSR count). The van der Waals surface area contributed by atoms with Gasteiger partial charge in [0.15, 0.2) is 0 Å². The number of esters is 2. The molecular weight excluding hydrogens is 380 g/mol. The lowest BCUT2D eigenvalue weighted by atomic mass is 10.2. The highest BCUT2D eigenvalue weighted by molar-refractivity contribution is 5.90. The van der Waals surface area contributed by atoms with Crippen LogP contribution in [-0.2, 0) is 9.59 Å². The van der Waals surface area contributed by atoms with Crippen molar-refractivity contribution in [3.05, 3.63) is 96.1 Å². The summed E-state index contributed by atoms with van der Waals surface area (Å²) in [6.07, 6.45) is 5.83. The molecule has 0 aromatic heterocycles. The van der Waals surface area contributed by atoms with Crippen LogP contribution in [0.15, 0.2) is 84.9 Å². The number of hydrogen-bond acceptors (Lipinski definition) is 6. The van der Waals surface area contributed by atoms with Crippen molar-refractivity contribution < 1.29 is 19.1 Å². The van der Waals surface area contributed by atoms with Crippen molar-refractivity contribution >= 4 is 35.5 Å². The Morgan fingerprint density at radius 3 is 1.80 bits per heavy atom. The number of ether oxygens (including phenoxy) is 2. The van der Waals surface area contributed by atoms with Gasteiger partial charge < -0.3 is 20.9 Å². The first kappa shape index (κ1) is 20.4. The molecule has 3 aromatic carbocycles. The number of carbonyl (C=O) groups excluding carboxylic acids is 2. The average Bonchev–Trinajstić information content (AvgIpc) is 2.74. The minimum atomic E-state index is -0.534. The van der Waals surface area contributed by atoms with Crippen LogP contribution in [0.1, 0.15) is 11.1 Å². The molecule has 0 heterocycles. The van der Waals surface area contributed by atoms with Crippen molar-refractivity contribution in [1.82, 2.24) is 0 Å². The number of nitrogen functional groups attached to an aromatic ring is 2. The molecular formula is C24H20N2O4. The molecule has 0 saturated carbocycles. The van der Waals surface area contributed by atoms with E-state index >= 15 is 0 Å². The van der Waals surface area contributed by atoms with Crippen molar-refractivity contribution in [1.29, 1.82) is 0 Å². The number of rotatable bonds is 6. The third-order valence-corrected chi connectivity index (χ3v) is 3.94. The highest BCUT2D eigenvalue weighted by atomic mass is 16.5. The van der Waals surface area contributed by atoms with Crippen LogP contribution in [0.25, 0.3) is 12.2 Å². The summed E-state index contributed by atoms with van der Waals surface area (Å²) in [5.74, 6) is -0.297. The Morgan fingerprint density at radius 2 is 1.17 bits per heavy atom. The summed E-state index contributed by atoms with van der Waals surface area (Å²) < 4.78 is 10.5. The first-order valence-electron chi connectivity index (χ1n) is 9.09. The highest BCUT2D eigenvalue weighted by Gasteiger charge is 2.03. The maximum absolute atomic E-state index is 12.0. The Labute approximate surface area is 174 Å². The van der Waals surface area contributed by atoms with E-state index in [1.54, 1.807) is 84.9 Å². The predicted molar refractivity (Wildman–Crippen MR) is 117 cm³/mol. The summed E-state index contributed by atoms with van der Waals surface area (Å²) in [6, 6.07) is 20.4. The van der Waals surface area contributed by atoms with Gasteiger partial charge in [0.05, 0.1) is 0 Å². The smallest absolute Gasteiger partial charge is 0.336 e. The Morgan fingerprint density at radius 1 is 0.633 bits per heavy atom. The molecule has 0 radical (unpaired) electrons. The van der Waals surface area contributed by atoms with Gasteiger partial charge in [0.2, 0.25) is 0 Å². The molecule has 30 heavy (non-hydrogen) atoms. The van der Waals surface area contributed by atoms with Crippen molar-refractivity contribution in [3.63, 3.8) is 0 Å². The molecule has 0 aliphatic heterocycles. The fourth-order valence-corrected chi connectivity index (χ4v) is 2.45. The second-order valence-corrected chi connectivity index (χ2v) is 6.32. The lowest BCUT2D eigenvalue weighted by molar-refractivity contribution is -0.129. The van der Waals surface area contributed by atoms with Crippen LogP contribution < -0.4 is 20.9 Å². The van der Waals surface area contributed by atoms with Gasteiger partial charge in [-0.2, -0.15) is 0 Å². The van der Waals surface area contributed by atoms with E-state index in [0.29, 0.717) is 28.4 Å². The topological polar surface area (TPSA) is 105 Å². The molecule has 0 amide bonds. The SMILES string of the molecule is Nc1ccc(/C=C/C(=O)Oc2cccc(/C=C/C(=O)Oc3ccc(N)cc3)c2)cc1. The molecule has 0 aliphatic carbocycles. The lowest BCUT2D eigenvalue weighted by Crippen LogP contribution is -2.04. The maximum Gasteiger partial charge on any atom is 0.336 e. The second kappa shape index (κ2) is 9.75. The largest absolute Gasteiger partial charge is 0.423 e.